The lowest BCUT2D eigenvalue weighted by Gasteiger charge is -2.03. The van der Waals surface area contributed by atoms with Gasteiger partial charge in [-0.1, -0.05) is 37.9 Å². The highest BCUT2D eigenvalue weighted by atomic mass is 79.9. The number of Topliss-reactive ketones (excluding diaryl/α,β-unsaturated/α-hetero) is 1. The number of alkyl halides is 1. The summed E-state index contributed by atoms with van der Waals surface area (Å²) in [6, 6.07) is 5.28. The van der Waals surface area contributed by atoms with Crippen molar-refractivity contribution in [1.29, 1.82) is 0 Å². The molecule has 0 aliphatic carbocycles. The van der Waals surface area contributed by atoms with Crippen LogP contribution < -0.4 is 0 Å². The van der Waals surface area contributed by atoms with Crippen LogP contribution in [0.3, 0.4) is 0 Å². The number of hydrogen-bond acceptors (Lipinski definition) is 2. The molecule has 0 unspecified atom stereocenters. The standard InChI is InChI=1S/C10H8Br2O2/c11-5-10(14)4-8-3-9(12)2-1-7(8)6-13/h1-3,6H,4-5H2. The number of benzene rings is 1. The van der Waals surface area contributed by atoms with Crippen LogP contribution in [0.15, 0.2) is 22.7 Å². The molecule has 0 aliphatic rings. The molecule has 0 radical (unpaired) electrons. The Kier molecular flexibility index (Phi) is 4.48. The Bertz CT molecular complexity index is 361. The molecular weight excluding hydrogens is 312 g/mol. The molecule has 0 N–H and O–H groups in total. The highest BCUT2D eigenvalue weighted by Crippen LogP contribution is 2.16. The molecule has 0 amide bonds. The highest BCUT2D eigenvalue weighted by Gasteiger charge is 2.07. The minimum atomic E-state index is 0.0613. The van der Waals surface area contributed by atoms with Crippen LogP contribution in [0.25, 0.3) is 0 Å². The third kappa shape index (κ3) is 3.03. The fraction of sp³-hybridized carbons (Fsp3) is 0.200. The van der Waals surface area contributed by atoms with Crippen LogP contribution in [0.5, 0.6) is 0 Å². The van der Waals surface area contributed by atoms with Crippen LogP contribution in [0.2, 0.25) is 0 Å². The van der Waals surface area contributed by atoms with Gasteiger partial charge in [0.25, 0.3) is 0 Å². The Morgan fingerprint density at radius 2 is 2.14 bits per heavy atom. The summed E-state index contributed by atoms with van der Waals surface area (Å²) >= 11 is 6.39. The fourth-order valence-electron chi connectivity index (χ4n) is 1.10. The minimum absolute atomic E-state index is 0.0613. The van der Waals surface area contributed by atoms with Gasteiger partial charge in [0.2, 0.25) is 0 Å². The lowest BCUT2D eigenvalue weighted by molar-refractivity contribution is -0.115. The van der Waals surface area contributed by atoms with Crippen LogP contribution in [0, 0.1) is 0 Å². The van der Waals surface area contributed by atoms with Crippen molar-refractivity contribution >= 4 is 43.9 Å². The van der Waals surface area contributed by atoms with Gasteiger partial charge >= 0.3 is 0 Å². The van der Waals surface area contributed by atoms with Crippen molar-refractivity contribution in [2.45, 2.75) is 6.42 Å². The molecule has 0 bridgehead atoms. The average Bonchev–Trinajstić information content (AvgIpc) is 2.18. The van der Waals surface area contributed by atoms with E-state index in [1.54, 1.807) is 18.2 Å². The van der Waals surface area contributed by atoms with Crippen molar-refractivity contribution in [2.24, 2.45) is 0 Å². The first-order valence-corrected chi connectivity index (χ1v) is 5.90. The molecule has 0 saturated heterocycles. The van der Waals surface area contributed by atoms with Gasteiger partial charge in [-0.2, -0.15) is 0 Å². The van der Waals surface area contributed by atoms with Crippen LogP contribution >= 0.6 is 31.9 Å². The summed E-state index contributed by atoms with van der Waals surface area (Å²) in [6.45, 7) is 0. The number of rotatable bonds is 4. The zero-order valence-electron chi connectivity index (χ0n) is 7.30. The lowest BCUT2D eigenvalue weighted by atomic mass is 10.0. The molecule has 0 atom stereocenters. The summed E-state index contributed by atoms with van der Waals surface area (Å²) in [7, 11) is 0. The number of carbonyl (C=O) groups excluding carboxylic acids is 2. The van der Waals surface area contributed by atoms with E-state index in [1.807, 2.05) is 0 Å². The van der Waals surface area contributed by atoms with Gasteiger partial charge < -0.3 is 0 Å². The van der Waals surface area contributed by atoms with E-state index in [2.05, 4.69) is 31.9 Å². The summed E-state index contributed by atoms with van der Waals surface area (Å²) < 4.78 is 0.875. The summed E-state index contributed by atoms with van der Waals surface area (Å²) in [4.78, 5) is 21.9. The molecule has 0 aromatic heterocycles. The van der Waals surface area contributed by atoms with E-state index in [1.165, 1.54) is 0 Å². The monoisotopic (exact) mass is 318 g/mol. The number of halogens is 2. The van der Waals surface area contributed by atoms with Gasteiger partial charge in [0, 0.05) is 16.5 Å². The summed E-state index contributed by atoms with van der Waals surface area (Å²) in [5, 5.41) is 0.317. The summed E-state index contributed by atoms with van der Waals surface area (Å²) in [6.07, 6.45) is 1.06. The van der Waals surface area contributed by atoms with E-state index < -0.39 is 0 Å². The summed E-state index contributed by atoms with van der Waals surface area (Å²) in [5.41, 5.74) is 1.33. The zero-order chi connectivity index (χ0) is 10.6. The smallest absolute Gasteiger partial charge is 0.150 e. The fourth-order valence-corrected chi connectivity index (χ4v) is 1.71. The Balaban J connectivity index is 2.98. The SMILES string of the molecule is O=Cc1ccc(Br)cc1CC(=O)CBr. The van der Waals surface area contributed by atoms with Crippen molar-refractivity contribution in [1.82, 2.24) is 0 Å². The topological polar surface area (TPSA) is 34.1 Å². The van der Waals surface area contributed by atoms with E-state index in [-0.39, 0.29) is 5.78 Å². The molecule has 0 spiro atoms. The second-order valence-corrected chi connectivity index (χ2v) is 4.29. The van der Waals surface area contributed by atoms with E-state index >= 15 is 0 Å². The first kappa shape index (κ1) is 11.6. The Labute approximate surface area is 98.9 Å². The predicted octanol–water partition coefficient (Wildman–Crippen LogP) is 2.77. The first-order chi connectivity index (χ1) is 6.67. The molecule has 0 saturated carbocycles. The first-order valence-electron chi connectivity index (χ1n) is 3.98. The normalized spacial score (nSPS) is 9.86. The van der Waals surface area contributed by atoms with Crippen LogP contribution in [0.1, 0.15) is 15.9 Å². The quantitative estimate of drug-likeness (QED) is 0.631. The van der Waals surface area contributed by atoms with Crippen molar-refractivity contribution in [3.63, 3.8) is 0 Å². The number of aldehydes is 1. The van der Waals surface area contributed by atoms with Crippen molar-refractivity contribution in [2.75, 3.05) is 5.33 Å². The lowest BCUT2D eigenvalue weighted by Crippen LogP contribution is -2.05. The van der Waals surface area contributed by atoms with Crippen molar-refractivity contribution in [3.05, 3.63) is 33.8 Å². The van der Waals surface area contributed by atoms with Gasteiger partial charge in [0.05, 0.1) is 5.33 Å². The maximum absolute atomic E-state index is 11.2. The van der Waals surface area contributed by atoms with E-state index in [0.29, 0.717) is 17.3 Å². The molecule has 0 heterocycles. The molecule has 4 heteroatoms. The zero-order valence-corrected chi connectivity index (χ0v) is 10.5. The van der Waals surface area contributed by atoms with Gasteiger partial charge in [-0.05, 0) is 17.7 Å². The largest absolute Gasteiger partial charge is 0.298 e. The van der Waals surface area contributed by atoms with Gasteiger partial charge in [-0.3, -0.25) is 9.59 Å². The highest BCUT2D eigenvalue weighted by molar-refractivity contribution is 9.10. The molecule has 1 aromatic rings. The predicted molar refractivity (Wildman–Crippen MR) is 62.0 cm³/mol. The second kappa shape index (κ2) is 5.41. The van der Waals surface area contributed by atoms with Crippen LogP contribution in [0.4, 0.5) is 0 Å². The van der Waals surface area contributed by atoms with Crippen LogP contribution in [-0.2, 0) is 11.2 Å². The Morgan fingerprint density at radius 3 is 2.71 bits per heavy atom. The molecule has 2 nitrogen and oxygen atoms in total. The van der Waals surface area contributed by atoms with E-state index in [0.717, 1.165) is 16.3 Å². The third-order valence-electron chi connectivity index (χ3n) is 1.77. The minimum Gasteiger partial charge on any atom is -0.298 e. The number of ketones is 1. The van der Waals surface area contributed by atoms with Crippen LogP contribution in [-0.4, -0.2) is 17.4 Å². The van der Waals surface area contributed by atoms with Gasteiger partial charge in [-0.25, -0.2) is 0 Å². The Hall–Kier alpha value is -0.480. The average molecular weight is 320 g/mol. The maximum Gasteiger partial charge on any atom is 0.150 e. The Morgan fingerprint density at radius 1 is 1.43 bits per heavy atom. The maximum atomic E-state index is 11.2. The molecule has 1 rings (SSSR count). The number of hydrogen-bond donors (Lipinski definition) is 0. The van der Waals surface area contributed by atoms with Gasteiger partial charge in [-0.15, -0.1) is 0 Å². The van der Waals surface area contributed by atoms with Crippen molar-refractivity contribution in [3.8, 4) is 0 Å². The molecule has 0 fully saturated rings. The van der Waals surface area contributed by atoms with E-state index in [4.69, 9.17) is 0 Å². The second-order valence-electron chi connectivity index (χ2n) is 2.81. The van der Waals surface area contributed by atoms with Gasteiger partial charge in [0.1, 0.15) is 12.1 Å². The molecule has 14 heavy (non-hydrogen) atoms. The molecule has 74 valence electrons. The summed E-state index contributed by atoms with van der Waals surface area (Å²) in [5.74, 6) is 0.0613. The van der Waals surface area contributed by atoms with Crippen molar-refractivity contribution < 1.29 is 9.59 Å². The van der Waals surface area contributed by atoms with Gasteiger partial charge in [0.15, 0.2) is 0 Å². The molecule has 0 aliphatic heterocycles. The number of carbonyl (C=O) groups is 2. The third-order valence-corrected chi connectivity index (χ3v) is 2.89. The molecule has 1 aromatic carbocycles. The molecular formula is C10H8Br2O2. The van der Waals surface area contributed by atoms with E-state index in [9.17, 15) is 9.59 Å².